The second-order valence-electron chi connectivity index (χ2n) is 5.08. The maximum Gasteiger partial charge on any atom is 0.253 e. The molecule has 0 saturated carbocycles. The molecule has 1 fully saturated rings. The molecule has 1 aromatic carbocycles. The number of anilines is 1. The van der Waals surface area contributed by atoms with Crippen molar-refractivity contribution in [2.24, 2.45) is 0 Å². The molecule has 2 aromatic rings. The molecular formula is C15H17N3O2S. The number of carbonyl (C=O) groups is 1. The highest BCUT2D eigenvalue weighted by Gasteiger charge is 2.23. The molecule has 1 aromatic heterocycles. The Kier molecular flexibility index (Phi) is 3.79. The molecule has 110 valence electrons. The smallest absolute Gasteiger partial charge is 0.253 e. The van der Waals surface area contributed by atoms with Crippen molar-refractivity contribution >= 4 is 22.4 Å². The summed E-state index contributed by atoms with van der Waals surface area (Å²) in [6.07, 6.45) is 1.88. The van der Waals surface area contributed by atoms with Crippen molar-refractivity contribution < 1.29 is 9.90 Å². The van der Waals surface area contributed by atoms with Crippen LogP contribution in [0.15, 0.2) is 30.5 Å². The Labute approximate surface area is 127 Å². The Morgan fingerprint density at radius 3 is 2.43 bits per heavy atom. The van der Waals surface area contributed by atoms with Crippen LogP contribution in [0.2, 0.25) is 0 Å². The van der Waals surface area contributed by atoms with Crippen LogP contribution in [-0.2, 0) is 0 Å². The van der Waals surface area contributed by atoms with Crippen molar-refractivity contribution in [1.29, 1.82) is 0 Å². The third kappa shape index (κ3) is 3.00. The molecule has 5 nitrogen and oxygen atoms in total. The molecule has 0 spiro atoms. The van der Waals surface area contributed by atoms with Crippen LogP contribution in [0.4, 0.5) is 5.13 Å². The summed E-state index contributed by atoms with van der Waals surface area (Å²) in [5.41, 5.74) is 0.617. The van der Waals surface area contributed by atoms with Gasteiger partial charge in [0.15, 0.2) is 5.13 Å². The fourth-order valence-corrected chi connectivity index (χ4v) is 3.19. The zero-order chi connectivity index (χ0) is 14.8. The van der Waals surface area contributed by atoms with E-state index in [1.54, 1.807) is 35.6 Å². The lowest BCUT2D eigenvalue weighted by Gasteiger charge is -2.34. The molecule has 0 radical (unpaired) electrons. The van der Waals surface area contributed by atoms with Crippen molar-refractivity contribution in [2.75, 3.05) is 31.1 Å². The predicted octanol–water partition coefficient (Wildman–Crippen LogP) is 2.12. The van der Waals surface area contributed by atoms with E-state index < -0.39 is 0 Å². The molecule has 1 amide bonds. The maximum atomic E-state index is 12.4. The summed E-state index contributed by atoms with van der Waals surface area (Å²) in [5.74, 6) is 0.195. The van der Waals surface area contributed by atoms with E-state index in [1.165, 1.54) is 4.88 Å². The zero-order valence-corrected chi connectivity index (χ0v) is 12.6. The highest BCUT2D eigenvalue weighted by atomic mass is 32.1. The second kappa shape index (κ2) is 5.73. The summed E-state index contributed by atoms with van der Waals surface area (Å²) < 4.78 is 0. The first-order valence-corrected chi connectivity index (χ1v) is 7.71. The molecule has 1 saturated heterocycles. The first-order valence-electron chi connectivity index (χ1n) is 6.89. The molecule has 2 heterocycles. The number of amides is 1. The number of aryl methyl sites for hydroxylation is 1. The van der Waals surface area contributed by atoms with Gasteiger partial charge in [0.2, 0.25) is 0 Å². The molecular weight excluding hydrogens is 286 g/mol. The summed E-state index contributed by atoms with van der Waals surface area (Å²) in [4.78, 5) is 22.0. The molecule has 3 rings (SSSR count). The van der Waals surface area contributed by atoms with Gasteiger partial charge in [0.05, 0.1) is 0 Å². The summed E-state index contributed by atoms with van der Waals surface area (Å²) in [7, 11) is 0. The molecule has 0 atom stereocenters. The Hall–Kier alpha value is -2.08. The van der Waals surface area contributed by atoms with Gasteiger partial charge < -0.3 is 14.9 Å². The van der Waals surface area contributed by atoms with Crippen LogP contribution in [0.1, 0.15) is 15.2 Å². The van der Waals surface area contributed by atoms with E-state index >= 15 is 0 Å². The molecule has 0 unspecified atom stereocenters. The third-order valence-electron chi connectivity index (χ3n) is 3.56. The lowest BCUT2D eigenvalue weighted by molar-refractivity contribution is 0.0747. The number of rotatable bonds is 2. The summed E-state index contributed by atoms with van der Waals surface area (Å²) in [5, 5.41) is 10.3. The van der Waals surface area contributed by atoms with Crippen molar-refractivity contribution in [1.82, 2.24) is 9.88 Å². The van der Waals surface area contributed by atoms with E-state index in [2.05, 4.69) is 9.88 Å². The number of benzene rings is 1. The Morgan fingerprint density at radius 1 is 1.19 bits per heavy atom. The van der Waals surface area contributed by atoms with Crippen LogP contribution in [0.25, 0.3) is 0 Å². The maximum absolute atomic E-state index is 12.4. The summed E-state index contributed by atoms with van der Waals surface area (Å²) >= 11 is 1.69. The number of thiazole rings is 1. The summed E-state index contributed by atoms with van der Waals surface area (Å²) in [6.45, 7) is 5.04. The zero-order valence-electron chi connectivity index (χ0n) is 11.8. The lowest BCUT2D eigenvalue weighted by Crippen LogP contribution is -2.48. The molecule has 1 N–H and O–H groups in total. The number of hydrogen-bond acceptors (Lipinski definition) is 5. The van der Waals surface area contributed by atoms with Gasteiger partial charge in [-0.25, -0.2) is 4.98 Å². The van der Waals surface area contributed by atoms with Gasteiger partial charge in [-0.15, -0.1) is 11.3 Å². The predicted molar refractivity (Wildman–Crippen MR) is 83.1 cm³/mol. The van der Waals surface area contributed by atoms with Crippen LogP contribution < -0.4 is 4.90 Å². The van der Waals surface area contributed by atoms with Gasteiger partial charge >= 0.3 is 0 Å². The normalized spacial score (nSPS) is 15.3. The van der Waals surface area contributed by atoms with E-state index in [9.17, 15) is 9.90 Å². The fraction of sp³-hybridized carbons (Fsp3) is 0.333. The van der Waals surface area contributed by atoms with Gasteiger partial charge in [0.1, 0.15) is 5.75 Å². The van der Waals surface area contributed by atoms with Crippen LogP contribution in [0.3, 0.4) is 0 Å². The van der Waals surface area contributed by atoms with Crippen LogP contribution >= 0.6 is 11.3 Å². The van der Waals surface area contributed by atoms with Crippen molar-refractivity contribution in [3.63, 3.8) is 0 Å². The number of phenolic OH excluding ortho intramolecular Hbond substituents is 1. The average molecular weight is 303 g/mol. The minimum absolute atomic E-state index is 0.0185. The van der Waals surface area contributed by atoms with E-state index in [0.717, 1.165) is 18.2 Å². The number of phenols is 1. The first-order chi connectivity index (χ1) is 10.1. The number of aromatic nitrogens is 1. The standard InChI is InChI=1S/C15H17N3O2S/c1-11-10-16-15(21-11)18-8-6-17(7-9-18)14(20)12-2-4-13(19)5-3-12/h2-5,10,19H,6-9H2,1H3. The van der Waals surface area contributed by atoms with Crippen LogP contribution in [0, 0.1) is 6.92 Å². The molecule has 6 heteroatoms. The molecule has 1 aliphatic heterocycles. The minimum atomic E-state index is 0.0185. The molecule has 21 heavy (non-hydrogen) atoms. The van der Waals surface area contributed by atoms with Crippen molar-refractivity contribution in [3.8, 4) is 5.75 Å². The van der Waals surface area contributed by atoms with E-state index in [4.69, 9.17) is 0 Å². The topological polar surface area (TPSA) is 56.7 Å². The number of piperazine rings is 1. The van der Waals surface area contributed by atoms with Gasteiger partial charge in [-0.1, -0.05) is 0 Å². The number of nitrogens with zero attached hydrogens (tertiary/aromatic N) is 3. The Balaban J connectivity index is 1.63. The monoisotopic (exact) mass is 303 g/mol. The van der Waals surface area contributed by atoms with Gasteiger partial charge in [-0.2, -0.15) is 0 Å². The fourth-order valence-electron chi connectivity index (χ4n) is 2.38. The number of carbonyl (C=O) groups excluding carboxylic acids is 1. The van der Waals surface area contributed by atoms with Gasteiger partial charge in [-0.05, 0) is 31.2 Å². The van der Waals surface area contributed by atoms with Crippen LogP contribution in [0.5, 0.6) is 5.75 Å². The van der Waals surface area contributed by atoms with E-state index in [0.29, 0.717) is 18.7 Å². The third-order valence-corrected chi connectivity index (χ3v) is 4.53. The average Bonchev–Trinajstić information content (AvgIpc) is 2.94. The Bertz CT molecular complexity index is 631. The largest absolute Gasteiger partial charge is 0.508 e. The summed E-state index contributed by atoms with van der Waals surface area (Å²) in [6, 6.07) is 6.41. The van der Waals surface area contributed by atoms with E-state index in [-0.39, 0.29) is 11.7 Å². The molecule has 0 aliphatic carbocycles. The second-order valence-corrected chi connectivity index (χ2v) is 6.29. The van der Waals surface area contributed by atoms with Crippen LogP contribution in [-0.4, -0.2) is 47.1 Å². The Morgan fingerprint density at radius 2 is 1.86 bits per heavy atom. The van der Waals surface area contributed by atoms with Gasteiger partial charge in [0, 0.05) is 42.8 Å². The van der Waals surface area contributed by atoms with Gasteiger partial charge in [0.25, 0.3) is 5.91 Å². The highest BCUT2D eigenvalue weighted by molar-refractivity contribution is 7.15. The van der Waals surface area contributed by atoms with Crippen molar-refractivity contribution in [3.05, 3.63) is 40.9 Å². The van der Waals surface area contributed by atoms with Crippen molar-refractivity contribution in [2.45, 2.75) is 6.92 Å². The molecule has 1 aliphatic rings. The van der Waals surface area contributed by atoms with Gasteiger partial charge in [-0.3, -0.25) is 4.79 Å². The SMILES string of the molecule is Cc1cnc(N2CCN(C(=O)c3ccc(O)cc3)CC2)s1. The van der Waals surface area contributed by atoms with E-state index in [1.807, 2.05) is 18.0 Å². The lowest BCUT2D eigenvalue weighted by atomic mass is 10.2. The molecule has 0 bridgehead atoms. The number of hydrogen-bond donors (Lipinski definition) is 1. The quantitative estimate of drug-likeness (QED) is 0.923. The highest BCUT2D eigenvalue weighted by Crippen LogP contribution is 2.23. The minimum Gasteiger partial charge on any atom is -0.508 e. The number of aromatic hydroxyl groups is 1. The first kappa shape index (κ1) is 13.9.